The summed E-state index contributed by atoms with van der Waals surface area (Å²) in [4.78, 5) is 16.6. The fourth-order valence-corrected chi connectivity index (χ4v) is 3.13. The van der Waals surface area contributed by atoms with Crippen LogP contribution in [0.4, 0.5) is 4.39 Å². The Hall–Kier alpha value is -2.97. The molecule has 0 radical (unpaired) electrons. The number of carbonyl (C=O) groups excluding carboxylic acids is 1. The average molecular weight is 429 g/mol. The van der Waals surface area contributed by atoms with Crippen molar-refractivity contribution in [3.8, 4) is 11.5 Å². The van der Waals surface area contributed by atoms with Gasteiger partial charge in [-0.25, -0.2) is 9.37 Å². The Kier molecular flexibility index (Phi) is 7.97. The summed E-state index contributed by atoms with van der Waals surface area (Å²) >= 11 is 0. The molecular weight excluding hydrogens is 401 g/mol. The first-order chi connectivity index (χ1) is 15.0. The second-order valence-corrected chi connectivity index (χ2v) is 6.94. The van der Waals surface area contributed by atoms with Crippen LogP contribution in [-0.4, -0.2) is 41.4 Å². The standard InChI is InChI=1S/C23H28FN3O4/c1-4-29-13-12-27-21-14-19(31-18-8-6-17(24)7-9-18)10-11-20(21)26-22(27)15-25-16(3)23(28)30-5-2/h6-11,14,16,25H,4-5,12-13,15H2,1-3H3/t16-/m0/s1. The molecule has 0 spiro atoms. The number of rotatable bonds is 11. The van der Waals surface area contributed by atoms with Gasteiger partial charge in [0.05, 0.1) is 30.8 Å². The number of imidazole rings is 1. The van der Waals surface area contributed by atoms with E-state index in [1.165, 1.54) is 12.1 Å². The average Bonchev–Trinajstić information content (AvgIpc) is 3.11. The number of fused-ring (bicyclic) bond motifs is 1. The van der Waals surface area contributed by atoms with Gasteiger partial charge >= 0.3 is 5.97 Å². The zero-order chi connectivity index (χ0) is 22.2. The Morgan fingerprint density at radius 1 is 1.13 bits per heavy atom. The summed E-state index contributed by atoms with van der Waals surface area (Å²) < 4.78 is 31.7. The van der Waals surface area contributed by atoms with Crippen LogP contribution in [0.15, 0.2) is 42.5 Å². The van der Waals surface area contributed by atoms with Crippen LogP contribution in [0.25, 0.3) is 11.0 Å². The van der Waals surface area contributed by atoms with E-state index in [-0.39, 0.29) is 11.8 Å². The van der Waals surface area contributed by atoms with E-state index in [0.29, 0.717) is 44.4 Å². The van der Waals surface area contributed by atoms with E-state index in [1.54, 1.807) is 26.0 Å². The molecule has 2 aromatic carbocycles. The Balaban J connectivity index is 1.83. The molecule has 7 nitrogen and oxygen atoms in total. The Labute approximate surface area is 181 Å². The molecule has 1 atom stereocenters. The number of esters is 1. The fourth-order valence-electron chi connectivity index (χ4n) is 3.13. The molecular formula is C23H28FN3O4. The molecule has 1 N–H and O–H groups in total. The highest BCUT2D eigenvalue weighted by atomic mass is 19.1. The summed E-state index contributed by atoms with van der Waals surface area (Å²) in [5.41, 5.74) is 1.70. The smallest absolute Gasteiger partial charge is 0.322 e. The molecule has 0 fully saturated rings. The van der Waals surface area contributed by atoms with Gasteiger partial charge in [0.25, 0.3) is 0 Å². The van der Waals surface area contributed by atoms with E-state index in [9.17, 15) is 9.18 Å². The maximum atomic E-state index is 13.1. The minimum atomic E-state index is -0.447. The quantitative estimate of drug-likeness (QED) is 0.366. The largest absolute Gasteiger partial charge is 0.465 e. The summed E-state index contributed by atoms with van der Waals surface area (Å²) in [5.74, 6) is 1.34. The molecule has 1 aromatic heterocycles. The van der Waals surface area contributed by atoms with Gasteiger partial charge in [-0.15, -0.1) is 0 Å². The molecule has 1 heterocycles. The van der Waals surface area contributed by atoms with Crippen LogP contribution in [-0.2, 0) is 27.4 Å². The van der Waals surface area contributed by atoms with E-state index in [0.717, 1.165) is 16.9 Å². The molecule has 0 aliphatic heterocycles. The van der Waals surface area contributed by atoms with Gasteiger partial charge in [-0.1, -0.05) is 0 Å². The summed E-state index contributed by atoms with van der Waals surface area (Å²) in [6, 6.07) is 11.0. The summed E-state index contributed by atoms with van der Waals surface area (Å²) in [7, 11) is 0. The molecule has 3 aromatic rings. The summed E-state index contributed by atoms with van der Waals surface area (Å²) in [6.07, 6.45) is 0. The maximum Gasteiger partial charge on any atom is 0.322 e. The fraction of sp³-hybridized carbons (Fsp3) is 0.391. The lowest BCUT2D eigenvalue weighted by atomic mass is 10.3. The van der Waals surface area contributed by atoms with Gasteiger partial charge in [-0.2, -0.15) is 0 Å². The zero-order valence-corrected chi connectivity index (χ0v) is 18.1. The number of halogens is 1. The van der Waals surface area contributed by atoms with Crippen molar-refractivity contribution in [1.82, 2.24) is 14.9 Å². The van der Waals surface area contributed by atoms with Gasteiger partial charge in [-0.3, -0.25) is 10.1 Å². The number of carbonyl (C=O) groups is 1. The number of hydrogen-bond acceptors (Lipinski definition) is 6. The van der Waals surface area contributed by atoms with Crippen molar-refractivity contribution in [2.24, 2.45) is 0 Å². The van der Waals surface area contributed by atoms with E-state index in [2.05, 4.69) is 5.32 Å². The molecule has 0 saturated carbocycles. The van der Waals surface area contributed by atoms with Crippen molar-refractivity contribution in [2.45, 2.75) is 39.9 Å². The van der Waals surface area contributed by atoms with Crippen LogP contribution in [0.3, 0.4) is 0 Å². The second-order valence-electron chi connectivity index (χ2n) is 6.94. The molecule has 3 rings (SSSR count). The Morgan fingerprint density at radius 3 is 2.58 bits per heavy atom. The van der Waals surface area contributed by atoms with Crippen LogP contribution < -0.4 is 10.1 Å². The molecule has 0 amide bonds. The van der Waals surface area contributed by atoms with E-state index < -0.39 is 6.04 Å². The van der Waals surface area contributed by atoms with Gasteiger partial charge in [0.15, 0.2) is 0 Å². The second kappa shape index (κ2) is 10.9. The van der Waals surface area contributed by atoms with Crippen LogP contribution in [0.2, 0.25) is 0 Å². The minimum Gasteiger partial charge on any atom is -0.465 e. The first kappa shape index (κ1) is 22.7. The molecule has 0 aliphatic carbocycles. The van der Waals surface area contributed by atoms with Crippen molar-refractivity contribution in [3.05, 3.63) is 54.1 Å². The third kappa shape index (κ3) is 6.02. The van der Waals surface area contributed by atoms with E-state index >= 15 is 0 Å². The number of ether oxygens (including phenoxy) is 3. The highest BCUT2D eigenvalue weighted by Crippen LogP contribution is 2.26. The van der Waals surface area contributed by atoms with Crippen molar-refractivity contribution >= 4 is 17.0 Å². The topological polar surface area (TPSA) is 74.6 Å². The lowest BCUT2D eigenvalue weighted by Crippen LogP contribution is -2.35. The molecule has 8 heteroatoms. The lowest BCUT2D eigenvalue weighted by molar-refractivity contribution is -0.145. The molecule has 0 aliphatic rings. The van der Waals surface area contributed by atoms with Crippen LogP contribution >= 0.6 is 0 Å². The lowest BCUT2D eigenvalue weighted by Gasteiger charge is -2.14. The first-order valence-corrected chi connectivity index (χ1v) is 10.4. The third-order valence-corrected chi connectivity index (χ3v) is 4.72. The minimum absolute atomic E-state index is 0.297. The monoisotopic (exact) mass is 429 g/mol. The molecule has 31 heavy (non-hydrogen) atoms. The maximum absolute atomic E-state index is 13.1. The number of nitrogens with one attached hydrogen (secondary N) is 1. The van der Waals surface area contributed by atoms with E-state index in [4.69, 9.17) is 19.2 Å². The molecule has 0 saturated heterocycles. The number of benzene rings is 2. The van der Waals surface area contributed by atoms with E-state index in [1.807, 2.05) is 29.7 Å². The highest BCUT2D eigenvalue weighted by molar-refractivity contribution is 5.78. The molecule has 0 bridgehead atoms. The van der Waals surface area contributed by atoms with Crippen LogP contribution in [0.5, 0.6) is 11.5 Å². The number of hydrogen-bond donors (Lipinski definition) is 1. The predicted molar refractivity (Wildman–Crippen MR) is 116 cm³/mol. The highest BCUT2D eigenvalue weighted by Gasteiger charge is 2.17. The van der Waals surface area contributed by atoms with Gasteiger partial charge < -0.3 is 18.8 Å². The van der Waals surface area contributed by atoms with Crippen molar-refractivity contribution in [3.63, 3.8) is 0 Å². The van der Waals surface area contributed by atoms with Gasteiger partial charge in [0.2, 0.25) is 0 Å². The zero-order valence-electron chi connectivity index (χ0n) is 18.1. The van der Waals surface area contributed by atoms with Crippen LogP contribution in [0, 0.1) is 5.82 Å². The number of aromatic nitrogens is 2. The normalized spacial score (nSPS) is 12.1. The SMILES string of the molecule is CCOCCn1c(CN[C@@H](C)C(=O)OCC)nc2ccc(Oc3ccc(F)cc3)cc21. The molecule has 0 unspecified atom stereocenters. The van der Waals surface area contributed by atoms with Crippen LogP contribution in [0.1, 0.15) is 26.6 Å². The van der Waals surface area contributed by atoms with Gasteiger partial charge in [0, 0.05) is 19.2 Å². The summed E-state index contributed by atoms with van der Waals surface area (Å²) in [5, 5.41) is 3.17. The number of nitrogens with zero attached hydrogens (tertiary/aromatic N) is 2. The van der Waals surface area contributed by atoms with Gasteiger partial charge in [0.1, 0.15) is 29.2 Å². The van der Waals surface area contributed by atoms with Crippen molar-refractivity contribution < 1.29 is 23.4 Å². The van der Waals surface area contributed by atoms with Gasteiger partial charge in [-0.05, 0) is 57.2 Å². The Morgan fingerprint density at radius 2 is 1.87 bits per heavy atom. The first-order valence-electron chi connectivity index (χ1n) is 10.4. The van der Waals surface area contributed by atoms with Crippen molar-refractivity contribution in [1.29, 1.82) is 0 Å². The molecule has 166 valence electrons. The summed E-state index contributed by atoms with van der Waals surface area (Å²) in [6.45, 7) is 8.00. The third-order valence-electron chi connectivity index (χ3n) is 4.72. The predicted octanol–water partition coefficient (Wildman–Crippen LogP) is 4.05. The Bertz CT molecular complexity index is 1000. The van der Waals surface area contributed by atoms with Crippen molar-refractivity contribution in [2.75, 3.05) is 19.8 Å².